The van der Waals surface area contributed by atoms with Gasteiger partial charge in [0, 0.05) is 17.4 Å². The van der Waals surface area contributed by atoms with Crippen molar-refractivity contribution in [2.75, 3.05) is 18.2 Å². The molecule has 9 heteroatoms. The Morgan fingerprint density at radius 2 is 2.03 bits per heavy atom. The maximum Gasteiger partial charge on any atom is 0.278 e. The van der Waals surface area contributed by atoms with Crippen molar-refractivity contribution in [1.29, 1.82) is 0 Å². The Morgan fingerprint density at radius 3 is 2.83 bits per heavy atom. The number of carbonyl (C=O) groups is 1. The monoisotopic (exact) mass is 407 g/mol. The van der Waals surface area contributed by atoms with Gasteiger partial charge in [0.1, 0.15) is 5.75 Å². The second-order valence-corrected chi connectivity index (χ2v) is 6.98. The van der Waals surface area contributed by atoms with Crippen LogP contribution in [0.15, 0.2) is 70.9 Å². The van der Waals surface area contributed by atoms with Crippen molar-refractivity contribution in [3.05, 3.63) is 71.3 Å². The summed E-state index contributed by atoms with van der Waals surface area (Å²) in [6.45, 7) is 0. The number of ether oxygens (including phenoxy) is 1. The molecular weight excluding hydrogens is 390 g/mol. The van der Waals surface area contributed by atoms with Gasteiger partial charge in [0.25, 0.3) is 5.56 Å². The van der Waals surface area contributed by atoms with Gasteiger partial charge in [-0.25, -0.2) is 9.97 Å². The molecule has 0 saturated carbocycles. The Bertz CT molecular complexity index is 1220. The lowest BCUT2D eigenvalue weighted by molar-refractivity contribution is -0.113. The maximum absolute atomic E-state index is 12.4. The molecule has 0 spiro atoms. The van der Waals surface area contributed by atoms with Crippen LogP contribution in [0.4, 0.5) is 5.69 Å². The van der Waals surface area contributed by atoms with E-state index in [1.807, 2.05) is 30.3 Å². The summed E-state index contributed by atoms with van der Waals surface area (Å²) in [4.78, 5) is 35.8. The van der Waals surface area contributed by atoms with Crippen LogP contribution in [0.5, 0.6) is 5.75 Å². The maximum atomic E-state index is 12.4. The number of fused-ring (bicyclic) bond motifs is 1. The summed E-state index contributed by atoms with van der Waals surface area (Å²) in [7, 11) is 1.57. The highest BCUT2D eigenvalue weighted by molar-refractivity contribution is 7.99. The van der Waals surface area contributed by atoms with E-state index in [0.29, 0.717) is 22.2 Å². The number of nitrogens with one attached hydrogen (secondary N) is 2. The number of rotatable bonds is 6. The van der Waals surface area contributed by atoms with Crippen LogP contribution in [0.1, 0.15) is 0 Å². The Morgan fingerprint density at radius 1 is 1.21 bits per heavy atom. The number of thioether (sulfide) groups is 1. The van der Waals surface area contributed by atoms with Crippen LogP contribution in [0.25, 0.3) is 16.9 Å². The second-order valence-electron chi connectivity index (χ2n) is 6.04. The predicted octanol–water partition coefficient (Wildman–Crippen LogP) is 2.85. The Labute approximate surface area is 170 Å². The Balaban J connectivity index is 1.60. The topological polar surface area (TPSA) is 102 Å². The molecule has 4 rings (SSSR count). The summed E-state index contributed by atoms with van der Waals surface area (Å²) in [6, 6.07) is 16.6. The number of anilines is 1. The molecule has 4 aromatic rings. The highest BCUT2D eigenvalue weighted by Gasteiger charge is 2.17. The summed E-state index contributed by atoms with van der Waals surface area (Å²) >= 11 is 1.23. The van der Waals surface area contributed by atoms with Gasteiger partial charge in [-0.05, 0) is 24.3 Å². The summed E-state index contributed by atoms with van der Waals surface area (Å²) in [6.07, 6.45) is 1.34. The number of amides is 1. The quantitative estimate of drug-likeness (QED) is 0.477. The molecular formula is C20H17N5O3S. The third-order valence-corrected chi connectivity index (χ3v) is 5.06. The van der Waals surface area contributed by atoms with E-state index in [-0.39, 0.29) is 22.7 Å². The predicted molar refractivity (Wildman–Crippen MR) is 112 cm³/mol. The molecule has 1 amide bonds. The number of methoxy groups -OCH3 is 1. The largest absolute Gasteiger partial charge is 0.497 e. The van der Waals surface area contributed by atoms with Crippen LogP contribution in [0, 0.1) is 0 Å². The summed E-state index contributed by atoms with van der Waals surface area (Å²) < 4.78 is 6.94. The molecule has 0 bridgehead atoms. The molecule has 2 aromatic carbocycles. The molecule has 0 aliphatic heterocycles. The van der Waals surface area contributed by atoms with Gasteiger partial charge in [-0.15, -0.1) is 0 Å². The third kappa shape index (κ3) is 3.99. The zero-order valence-corrected chi connectivity index (χ0v) is 16.3. The van der Waals surface area contributed by atoms with E-state index in [2.05, 4.69) is 20.3 Å². The van der Waals surface area contributed by atoms with Crippen molar-refractivity contribution in [2.24, 2.45) is 0 Å². The fourth-order valence-corrected chi connectivity index (χ4v) is 3.63. The highest BCUT2D eigenvalue weighted by atomic mass is 32.2. The summed E-state index contributed by atoms with van der Waals surface area (Å²) in [5, 5.41) is 3.34. The van der Waals surface area contributed by atoms with E-state index in [4.69, 9.17) is 4.74 Å². The van der Waals surface area contributed by atoms with Crippen LogP contribution < -0.4 is 15.6 Å². The fourth-order valence-electron chi connectivity index (χ4n) is 2.82. The van der Waals surface area contributed by atoms with Crippen molar-refractivity contribution in [3.63, 3.8) is 0 Å². The smallest absolute Gasteiger partial charge is 0.278 e. The number of carbonyl (C=O) groups excluding carboxylic acids is 1. The number of para-hydroxylation sites is 1. The highest BCUT2D eigenvalue weighted by Crippen LogP contribution is 2.26. The first-order valence-corrected chi connectivity index (χ1v) is 9.72. The van der Waals surface area contributed by atoms with Gasteiger partial charge in [0.15, 0.2) is 16.3 Å². The average Bonchev–Trinajstić information content (AvgIpc) is 3.13. The van der Waals surface area contributed by atoms with E-state index in [0.717, 1.165) is 5.69 Å². The van der Waals surface area contributed by atoms with E-state index in [9.17, 15) is 9.59 Å². The standard InChI is InChI=1S/C20H17N5O3S/c1-28-15-9-5-6-13(10-15)23-16(26)11-29-20-24-17-18(21-12-22-19(17)27)25(20)14-7-3-2-4-8-14/h2-10,12H,11H2,1H3,(H,23,26)(H,21,22,27). The Hall–Kier alpha value is -3.59. The van der Waals surface area contributed by atoms with Crippen LogP contribution in [0.3, 0.4) is 0 Å². The van der Waals surface area contributed by atoms with Gasteiger partial charge in [-0.2, -0.15) is 0 Å². The molecule has 0 atom stereocenters. The molecule has 2 N–H and O–H groups in total. The molecule has 8 nitrogen and oxygen atoms in total. The molecule has 29 heavy (non-hydrogen) atoms. The van der Waals surface area contributed by atoms with Crippen LogP contribution in [0.2, 0.25) is 0 Å². The van der Waals surface area contributed by atoms with Gasteiger partial charge in [0.2, 0.25) is 5.91 Å². The van der Waals surface area contributed by atoms with E-state index >= 15 is 0 Å². The molecule has 0 aliphatic carbocycles. The van der Waals surface area contributed by atoms with Gasteiger partial charge in [-0.1, -0.05) is 36.0 Å². The molecule has 146 valence electrons. The Kier molecular flexibility index (Phi) is 5.30. The number of nitrogens with zero attached hydrogens (tertiary/aromatic N) is 3. The van der Waals surface area contributed by atoms with Gasteiger partial charge in [0.05, 0.1) is 19.2 Å². The fraction of sp³-hybridized carbons (Fsp3) is 0.100. The van der Waals surface area contributed by atoms with E-state index in [1.54, 1.807) is 35.9 Å². The minimum Gasteiger partial charge on any atom is -0.497 e. The average molecular weight is 407 g/mol. The van der Waals surface area contributed by atoms with Gasteiger partial charge < -0.3 is 15.0 Å². The molecule has 0 unspecified atom stereocenters. The normalized spacial score (nSPS) is 10.8. The van der Waals surface area contributed by atoms with E-state index < -0.39 is 0 Å². The number of aromatic amines is 1. The zero-order valence-electron chi connectivity index (χ0n) is 15.5. The van der Waals surface area contributed by atoms with Crippen molar-refractivity contribution in [1.82, 2.24) is 19.5 Å². The first-order valence-electron chi connectivity index (χ1n) is 8.74. The van der Waals surface area contributed by atoms with Crippen LogP contribution in [-0.4, -0.2) is 38.3 Å². The number of hydrogen-bond acceptors (Lipinski definition) is 6. The minimum atomic E-state index is -0.327. The van der Waals surface area contributed by atoms with Crippen molar-refractivity contribution in [3.8, 4) is 11.4 Å². The lowest BCUT2D eigenvalue weighted by Gasteiger charge is -2.09. The first kappa shape index (κ1) is 18.8. The number of H-pyrrole nitrogens is 1. The molecule has 0 saturated heterocycles. The van der Waals surface area contributed by atoms with E-state index in [1.165, 1.54) is 18.1 Å². The minimum absolute atomic E-state index is 0.116. The van der Waals surface area contributed by atoms with Crippen molar-refractivity contribution in [2.45, 2.75) is 5.16 Å². The lowest BCUT2D eigenvalue weighted by Crippen LogP contribution is -2.14. The third-order valence-electron chi connectivity index (χ3n) is 4.12. The lowest BCUT2D eigenvalue weighted by atomic mass is 10.3. The molecule has 0 fully saturated rings. The van der Waals surface area contributed by atoms with Gasteiger partial charge >= 0.3 is 0 Å². The van der Waals surface area contributed by atoms with Crippen molar-refractivity contribution < 1.29 is 9.53 Å². The number of benzene rings is 2. The number of hydrogen-bond donors (Lipinski definition) is 2. The SMILES string of the molecule is COc1cccc(NC(=O)CSc2nc3c(=O)[nH]cnc3n2-c2ccccc2)c1. The number of imidazole rings is 1. The first-order chi connectivity index (χ1) is 14.2. The number of aromatic nitrogens is 4. The molecule has 0 radical (unpaired) electrons. The van der Waals surface area contributed by atoms with Crippen LogP contribution in [-0.2, 0) is 4.79 Å². The molecule has 2 heterocycles. The van der Waals surface area contributed by atoms with Gasteiger partial charge in [-0.3, -0.25) is 14.2 Å². The van der Waals surface area contributed by atoms with Crippen LogP contribution >= 0.6 is 11.8 Å². The summed E-state index contributed by atoms with van der Waals surface area (Å²) in [5.74, 6) is 0.578. The second kappa shape index (κ2) is 8.19. The molecule has 2 aromatic heterocycles. The summed E-state index contributed by atoms with van der Waals surface area (Å²) in [5.41, 5.74) is 1.79. The zero-order chi connectivity index (χ0) is 20.2. The molecule has 0 aliphatic rings. The van der Waals surface area contributed by atoms with Crippen molar-refractivity contribution >= 4 is 34.5 Å².